The van der Waals surface area contributed by atoms with Crippen LogP contribution in [0.3, 0.4) is 0 Å². The predicted molar refractivity (Wildman–Crippen MR) is 98.5 cm³/mol. The Labute approximate surface area is 158 Å². The highest BCUT2D eigenvalue weighted by Gasteiger charge is 2.29. The Hall–Kier alpha value is -2.46. The summed E-state index contributed by atoms with van der Waals surface area (Å²) >= 11 is 0. The summed E-state index contributed by atoms with van der Waals surface area (Å²) in [5.41, 5.74) is 7.61. The van der Waals surface area contributed by atoms with Crippen molar-refractivity contribution in [2.75, 3.05) is 0 Å². The zero-order chi connectivity index (χ0) is 21.1. The average molecular weight is 399 g/mol. The topological polar surface area (TPSA) is 145 Å². The highest BCUT2D eigenvalue weighted by Crippen LogP contribution is 2.26. The maximum Gasteiger partial charge on any atom is 0.324 e. The second-order valence-electron chi connectivity index (χ2n) is 6.37. The van der Waals surface area contributed by atoms with E-state index in [-0.39, 0.29) is 4.90 Å². The zero-order valence-corrected chi connectivity index (χ0v) is 17.0. The molecule has 150 valence electrons. The Kier molecular flexibility index (Phi) is 7.10. The molecule has 1 aromatic rings. The number of carbonyl (C=O) groups excluding carboxylic acids is 3. The minimum atomic E-state index is -4.01. The molecule has 4 N–H and O–H groups in total. The molecule has 0 aliphatic heterocycles. The molecule has 0 fully saturated rings. The number of nitrogens with two attached hydrogens (primary N) is 1. The third-order valence-electron chi connectivity index (χ3n) is 4.16. The Morgan fingerprint density at radius 1 is 1.04 bits per heavy atom. The van der Waals surface area contributed by atoms with Crippen LogP contribution in [0.15, 0.2) is 11.0 Å². The van der Waals surface area contributed by atoms with Crippen molar-refractivity contribution < 1.29 is 27.5 Å². The van der Waals surface area contributed by atoms with E-state index in [2.05, 4.69) is 4.72 Å². The number of esters is 1. The monoisotopic (exact) mass is 399 g/mol. The number of hydrogen-bond donors (Lipinski definition) is 3. The molecule has 0 radical (unpaired) electrons. The van der Waals surface area contributed by atoms with Crippen LogP contribution in [0.25, 0.3) is 0 Å². The number of imide groups is 1. The van der Waals surface area contributed by atoms with Crippen molar-refractivity contribution in [1.82, 2.24) is 10.0 Å². The fourth-order valence-corrected chi connectivity index (χ4v) is 4.28. The number of primary amides is 1. The SMILES string of the molecule is Cc1cc(C)c(C)c(S(=O)(=O)N[C@H](C)C(=O)O[C@@H](C)C(=O)NC(N)=O)c1C. The van der Waals surface area contributed by atoms with E-state index >= 15 is 0 Å². The first-order chi connectivity index (χ1) is 12.3. The molecular weight excluding hydrogens is 374 g/mol. The molecule has 0 spiro atoms. The van der Waals surface area contributed by atoms with E-state index < -0.39 is 40.1 Å². The zero-order valence-electron chi connectivity index (χ0n) is 16.2. The Morgan fingerprint density at radius 2 is 1.52 bits per heavy atom. The maximum atomic E-state index is 12.8. The van der Waals surface area contributed by atoms with Crippen molar-refractivity contribution in [1.29, 1.82) is 0 Å². The first kappa shape index (κ1) is 22.6. The largest absolute Gasteiger partial charge is 0.451 e. The van der Waals surface area contributed by atoms with Gasteiger partial charge in [0.2, 0.25) is 10.0 Å². The molecule has 9 nitrogen and oxygen atoms in total. The van der Waals surface area contributed by atoms with Crippen LogP contribution >= 0.6 is 0 Å². The minimum absolute atomic E-state index is 0.110. The lowest BCUT2D eigenvalue weighted by Gasteiger charge is -2.20. The van der Waals surface area contributed by atoms with E-state index in [1.54, 1.807) is 33.0 Å². The summed E-state index contributed by atoms with van der Waals surface area (Å²) in [5, 5.41) is 1.77. The van der Waals surface area contributed by atoms with Crippen LogP contribution in [0.5, 0.6) is 0 Å². The lowest BCUT2D eigenvalue weighted by atomic mass is 10.0. The van der Waals surface area contributed by atoms with E-state index in [1.165, 1.54) is 13.8 Å². The van der Waals surface area contributed by atoms with Gasteiger partial charge in [-0.1, -0.05) is 6.07 Å². The number of benzene rings is 1. The van der Waals surface area contributed by atoms with Crippen LogP contribution in [0, 0.1) is 27.7 Å². The Balaban J connectivity index is 2.99. The van der Waals surface area contributed by atoms with Crippen LogP contribution in [0.2, 0.25) is 0 Å². The van der Waals surface area contributed by atoms with Crippen molar-refractivity contribution in [3.8, 4) is 0 Å². The number of ether oxygens (including phenoxy) is 1. The number of amides is 3. The van der Waals surface area contributed by atoms with Gasteiger partial charge in [-0.3, -0.25) is 14.9 Å². The molecule has 1 rings (SSSR count). The molecule has 27 heavy (non-hydrogen) atoms. The third kappa shape index (κ3) is 5.51. The summed E-state index contributed by atoms with van der Waals surface area (Å²) < 4.78 is 32.7. The van der Waals surface area contributed by atoms with Gasteiger partial charge in [0.05, 0.1) is 4.90 Å². The van der Waals surface area contributed by atoms with E-state index in [4.69, 9.17) is 10.5 Å². The van der Waals surface area contributed by atoms with Gasteiger partial charge >= 0.3 is 12.0 Å². The van der Waals surface area contributed by atoms with E-state index in [1.807, 2.05) is 6.07 Å². The Bertz CT molecular complexity index is 853. The molecule has 2 atom stereocenters. The number of carbonyl (C=O) groups is 3. The van der Waals surface area contributed by atoms with Gasteiger partial charge in [-0.2, -0.15) is 4.72 Å². The van der Waals surface area contributed by atoms with Gasteiger partial charge in [0.25, 0.3) is 5.91 Å². The van der Waals surface area contributed by atoms with Crippen LogP contribution < -0.4 is 15.8 Å². The molecule has 0 aromatic heterocycles. The second-order valence-corrected chi connectivity index (χ2v) is 8.02. The molecule has 0 aliphatic rings. The lowest BCUT2D eigenvalue weighted by Crippen LogP contribution is -2.45. The normalized spacial score (nSPS) is 13.6. The van der Waals surface area contributed by atoms with Gasteiger partial charge in [0.15, 0.2) is 6.10 Å². The van der Waals surface area contributed by atoms with Crippen LogP contribution in [-0.4, -0.2) is 38.5 Å². The highest BCUT2D eigenvalue weighted by atomic mass is 32.2. The van der Waals surface area contributed by atoms with Crippen molar-refractivity contribution in [2.45, 2.75) is 58.6 Å². The molecule has 0 saturated carbocycles. The van der Waals surface area contributed by atoms with Gasteiger partial charge in [0.1, 0.15) is 6.04 Å². The summed E-state index contributed by atoms with van der Waals surface area (Å²) in [6, 6.07) is -0.448. The van der Waals surface area contributed by atoms with Crippen LogP contribution in [0.4, 0.5) is 4.79 Å². The van der Waals surface area contributed by atoms with Crippen molar-refractivity contribution >= 4 is 27.9 Å². The fraction of sp³-hybridized carbons (Fsp3) is 0.471. The first-order valence-electron chi connectivity index (χ1n) is 8.18. The van der Waals surface area contributed by atoms with Crippen molar-refractivity contribution in [3.63, 3.8) is 0 Å². The number of aryl methyl sites for hydroxylation is 2. The van der Waals surface area contributed by atoms with Crippen LogP contribution in [-0.2, 0) is 24.3 Å². The van der Waals surface area contributed by atoms with E-state index in [0.29, 0.717) is 11.1 Å². The molecule has 0 aliphatic carbocycles. The third-order valence-corrected chi connectivity index (χ3v) is 5.97. The van der Waals surface area contributed by atoms with Gasteiger partial charge in [-0.25, -0.2) is 13.2 Å². The van der Waals surface area contributed by atoms with Crippen molar-refractivity contribution in [2.24, 2.45) is 5.73 Å². The van der Waals surface area contributed by atoms with Gasteiger partial charge in [-0.15, -0.1) is 0 Å². The number of sulfonamides is 1. The smallest absolute Gasteiger partial charge is 0.324 e. The molecule has 0 unspecified atom stereocenters. The molecule has 0 heterocycles. The van der Waals surface area contributed by atoms with Gasteiger partial charge in [-0.05, 0) is 63.8 Å². The molecule has 1 aromatic carbocycles. The average Bonchev–Trinajstić information content (AvgIpc) is 2.51. The predicted octanol–water partition coefficient (Wildman–Crippen LogP) is 0.714. The standard InChI is InChI=1S/C17H25N3O6S/c1-8-7-9(2)11(4)14(10(8)3)27(24,25)20-12(5)16(22)26-13(6)15(21)19-17(18)23/h7,12-13,20H,1-6H3,(H3,18,19,21,23)/t12-,13+/m1/s1. The first-order valence-corrected chi connectivity index (χ1v) is 9.66. The Morgan fingerprint density at radius 3 is 1.96 bits per heavy atom. The van der Waals surface area contributed by atoms with Gasteiger partial charge in [0, 0.05) is 0 Å². The summed E-state index contributed by atoms with van der Waals surface area (Å²) in [5.74, 6) is -1.88. The molecule has 0 saturated heterocycles. The molecular formula is C17H25N3O6S. The van der Waals surface area contributed by atoms with E-state index in [9.17, 15) is 22.8 Å². The number of hydrogen-bond acceptors (Lipinski definition) is 6. The van der Waals surface area contributed by atoms with Crippen LogP contribution in [0.1, 0.15) is 36.1 Å². The molecule has 10 heteroatoms. The molecule has 3 amide bonds. The quantitative estimate of drug-likeness (QED) is 0.601. The summed E-state index contributed by atoms with van der Waals surface area (Å²) in [4.78, 5) is 34.4. The molecule has 0 bridgehead atoms. The summed E-state index contributed by atoms with van der Waals surface area (Å²) in [7, 11) is -4.01. The maximum absolute atomic E-state index is 12.8. The van der Waals surface area contributed by atoms with Gasteiger partial charge < -0.3 is 10.5 Å². The highest BCUT2D eigenvalue weighted by molar-refractivity contribution is 7.89. The summed E-state index contributed by atoms with van der Waals surface area (Å²) in [6.07, 6.45) is -1.32. The lowest BCUT2D eigenvalue weighted by molar-refractivity contribution is -0.155. The van der Waals surface area contributed by atoms with Crippen molar-refractivity contribution in [3.05, 3.63) is 28.3 Å². The second kappa shape index (κ2) is 8.49. The number of nitrogens with one attached hydrogen (secondary N) is 2. The summed E-state index contributed by atoms with van der Waals surface area (Å²) in [6.45, 7) is 9.52. The fourth-order valence-electron chi connectivity index (χ4n) is 2.48. The number of urea groups is 1. The number of rotatable bonds is 6. The minimum Gasteiger partial charge on any atom is -0.451 e. The van der Waals surface area contributed by atoms with E-state index in [0.717, 1.165) is 11.1 Å².